The van der Waals surface area contributed by atoms with E-state index in [4.69, 9.17) is 9.47 Å². The van der Waals surface area contributed by atoms with Gasteiger partial charge in [-0.15, -0.1) is 0 Å². The van der Waals surface area contributed by atoms with Crippen molar-refractivity contribution in [1.82, 2.24) is 15.0 Å². The number of morpholine rings is 1. The van der Waals surface area contributed by atoms with Gasteiger partial charge in [0.25, 0.3) is 0 Å². The summed E-state index contributed by atoms with van der Waals surface area (Å²) < 4.78 is 34.0. The number of thiazole rings is 1. The van der Waals surface area contributed by atoms with Crippen LogP contribution in [0.4, 0.5) is 22.7 Å². The molecule has 0 bridgehead atoms. The molecule has 0 unspecified atom stereocenters. The molecule has 4 rings (SSSR count). The van der Waals surface area contributed by atoms with E-state index in [2.05, 4.69) is 30.5 Å². The van der Waals surface area contributed by atoms with Gasteiger partial charge in [-0.1, -0.05) is 23.5 Å². The van der Waals surface area contributed by atoms with Gasteiger partial charge in [0.05, 0.1) is 30.4 Å². The number of aryl methyl sites for hydroxylation is 1. The summed E-state index contributed by atoms with van der Waals surface area (Å²) >= 11 is 1.18. The molecule has 0 amide bonds. The van der Waals surface area contributed by atoms with Crippen LogP contribution in [0.3, 0.4) is 0 Å². The van der Waals surface area contributed by atoms with E-state index in [1.54, 1.807) is 38.1 Å². The Morgan fingerprint density at radius 2 is 1.89 bits per heavy atom. The standard InChI is InChI=1S/C23H28N6O5S2/c1-4-34-21(30)20-15(2)25-23(35-20)28-22-26-18(13-19(27-22)29-9-11-33-12-10-29)24-14-16-5-7-17(8-6-16)36(3,31)32/h5-8,13H,4,9-12,14H2,1-3H3,(H2,24,25,26,27,28). The maximum Gasteiger partial charge on any atom is 0.350 e. The lowest BCUT2D eigenvalue weighted by Gasteiger charge is -2.28. The van der Waals surface area contributed by atoms with Crippen molar-refractivity contribution in [2.75, 3.05) is 54.7 Å². The summed E-state index contributed by atoms with van der Waals surface area (Å²) in [6.07, 6.45) is 1.18. The molecule has 0 spiro atoms. The Labute approximate surface area is 213 Å². The van der Waals surface area contributed by atoms with Gasteiger partial charge >= 0.3 is 5.97 Å². The van der Waals surface area contributed by atoms with E-state index in [-0.39, 0.29) is 11.5 Å². The van der Waals surface area contributed by atoms with Crippen LogP contribution >= 0.6 is 11.3 Å². The molecule has 1 fully saturated rings. The zero-order chi connectivity index (χ0) is 25.7. The predicted molar refractivity (Wildman–Crippen MR) is 138 cm³/mol. The number of aromatic nitrogens is 3. The molecular weight excluding hydrogens is 504 g/mol. The van der Waals surface area contributed by atoms with E-state index in [1.807, 2.05) is 6.07 Å². The monoisotopic (exact) mass is 532 g/mol. The third-order valence-corrected chi connectivity index (χ3v) is 7.53. The third kappa shape index (κ3) is 6.47. The number of hydrogen-bond acceptors (Lipinski definition) is 12. The van der Waals surface area contributed by atoms with Gasteiger partial charge in [0.1, 0.15) is 16.5 Å². The Hall–Kier alpha value is -3.29. The maximum atomic E-state index is 12.2. The van der Waals surface area contributed by atoms with Crippen molar-refractivity contribution in [2.24, 2.45) is 0 Å². The van der Waals surface area contributed by atoms with Crippen molar-refractivity contribution in [2.45, 2.75) is 25.3 Å². The summed E-state index contributed by atoms with van der Waals surface area (Å²) in [7, 11) is -3.25. The molecule has 1 aromatic carbocycles. The molecule has 0 saturated carbocycles. The largest absolute Gasteiger partial charge is 0.462 e. The van der Waals surface area contributed by atoms with Gasteiger partial charge < -0.3 is 19.7 Å². The second-order valence-corrected chi connectivity index (χ2v) is 11.1. The number of nitrogens with zero attached hydrogens (tertiary/aromatic N) is 4. The van der Waals surface area contributed by atoms with Crippen LogP contribution in [0.2, 0.25) is 0 Å². The third-order valence-electron chi connectivity index (χ3n) is 5.35. The highest BCUT2D eigenvalue weighted by Crippen LogP contribution is 2.27. The highest BCUT2D eigenvalue weighted by Gasteiger charge is 2.19. The number of anilines is 4. The summed E-state index contributed by atoms with van der Waals surface area (Å²) in [5.74, 6) is 1.23. The number of nitrogens with one attached hydrogen (secondary N) is 2. The molecule has 3 heterocycles. The molecule has 36 heavy (non-hydrogen) atoms. The minimum absolute atomic E-state index is 0.273. The van der Waals surface area contributed by atoms with Crippen LogP contribution in [-0.2, 0) is 25.9 Å². The zero-order valence-electron chi connectivity index (χ0n) is 20.3. The number of hydrogen-bond donors (Lipinski definition) is 2. The van der Waals surface area contributed by atoms with Crippen LogP contribution in [-0.4, -0.2) is 68.5 Å². The molecule has 1 aliphatic rings. The fourth-order valence-corrected chi connectivity index (χ4v) is 5.00. The van der Waals surface area contributed by atoms with E-state index in [1.165, 1.54) is 17.6 Å². The molecule has 0 radical (unpaired) electrons. The van der Waals surface area contributed by atoms with Crippen LogP contribution in [0.5, 0.6) is 0 Å². The lowest BCUT2D eigenvalue weighted by Crippen LogP contribution is -2.36. The molecule has 11 nitrogen and oxygen atoms in total. The first-order valence-electron chi connectivity index (χ1n) is 11.4. The van der Waals surface area contributed by atoms with Crippen molar-refractivity contribution >= 4 is 49.9 Å². The van der Waals surface area contributed by atoms with E-state index < -0.39 is 15.8 Å². The molecule has 0 atom stereocenters. The fraction of sp³-hybridized carbons (Fsp3) is 0.391. The Morgan fingerprint density at radius 3 is 2.56 bits per heavy atom. The van der Waals surface area contributed by atoms with E-state index >= 15 is 0 Å². The van der Waals surface area contributed by atoms with Crippen molar-refractivity contribution in [3.8, 4) is 0 Å². The van der Waals surface area contributed by atoms with Gasteiger partial charge in [-0.3, -0.25) is 5.32 Å². The SMILES string of the molecule is CCOC(=O)c1sc(Nc2nc(NCc3ccc(S(C)(=O)=O)cc3)cc(N3CCOCC3)n2)nc1C. The number of benzene rings is 1. The van der Waals surface area contributed by atoms with E-state index in [0.29, 0.717) is 60.3 Å². The van der Waals surface area contributed by atoms with Gasteiger partial charge in [0, 0.05) is 32.0 Å². The second kappa shape index (κ2) is 11.2. The molecule has 1 aliphatic heterocycles. The smallest absolute Gasteiger partial charge is 0.350 e. The number of ether oxygens (including phenoxy) is 2. The Kier molecular flexibility index (Phi) is 8.01. The predicted octanol–water partition coefficient (Wildman–Crippen LogP) is 3.01. The normalized spacial score (nSPS) is 13.9. The number of esters is 1. The average molecular weight is 533 g/mol. The average Bonchev–Trinajstić information content (AvgIpc) is 3.23. The minimum atomic E-state index is -3.25. The molecule has 2 aromatic heterocycles. The molecule has 2 N–H and O–H groups in total. The number of sulfone groups is 1. The van der Waals surface area contributed by atoms with Crippen molar-refractivity contribution in [3.05, 3.63) is 46.5 Å². The van der Waals surface area contributed by atoms with Gasteiger partial charge in [0.15, 0.2) is 15.0 Å². The molecule has 13 heteroatoms. The summed E-state index contributed by atoms with van der Waals surface area (Å²) in [5, 5.41) is 6.89. The number of rotatable bonds is 9. The lowest BCUT2D eigenvalue weighted by atomic mass is 10.2. The quantitative estimate of drug-likeness (QED) is 0.394. The van der Waals surface area contributed by atoms with E-state index in [0.717, 1.165) is 11.4 Å². The fourth-order valence-electron chi connectivity index (χ4n) is 3.51. The topological polar surface area (TPSA) is 136 Å². The summed E-state index contributed by atoms with van der Waals surface area (Å²) in [4.78, 5) is 28.6. The Balaban J connectivity index is 1.56. The van der Waals surface area contributed by atoms with Crippen LogP contribution in [0, 0.1) is 6.92 Å². The van der Waals surface area contributed by atoms with Gasteiger partial charge in [-0.05, 0) is 31.5 Å². The van der Waals surface area contributed by atoms with E-state index in [9.17, 15) is 13.2 Å². The first-order valence-corrected chi connectivity index (χ1v) is 14.1. The maximum absolute atomic E-state index is 12.2. The van der Waals surface area contributed by atoms with Crippen molar-refractivity contribution < 1.29 is 22.7 Å². The first-order chi connectivity index (χ1) is 17.2. The van der Waals surface area contributed by atoms with Gasteiger partial charge in [-0.25, -0.2) is 18.2 Å². The molecule has 1 saturated heterocycles. The molecular formula is C23H28N6O5S2. The van der Waals surface area contributed by atoms with Crippen LogP contribution in [0.25, 0.3) is 0 Å². The Bertz CT molecular complexity index is 1320. The summed E-state index contributed by atoms with van der Waals surface area (Å²) in [6, 6.07) is 8.57. The second-order valence-electron chi connectivity index (χ2n) is 8.08. The first kappa shape index (κ1) is 25.8. The van der Waals surface area contributed by atoms with Crippen LogP contribution < -0.4 is 15.5 Å². The summed E-state index contributed by atoms with van der Waals surface area (Å²) in [6.45, 7) is 6.85. The van der Waals surface area contributed by atoms with Crippen LogP contribution in [0.1, 0.15) is 27.9 Å². The van der Waals surface area contributed by atoms with Gasteiger partial charge in [0.2, 0.25) is 5.95 Å². The highest BCUT2D eigenvalue weighted by molar-refractivity contribution is 7.90. The number of carbonyl (C=O) groups is 1. The highest BCUT2D eigenvalue weighted by atomic mass is 32.2. The minimum Gasteiger partial charge on any atom is -0.462 e. The van der Waals surface area contributed by atoms with Crippen molar-refractivity contribution in [3.63, 3.8) is 0 Å². The Morgan fingerprint density at radius 1 is 1.17 bits per heavy atom. The van der Waals surface area contributed by atoms with Gasteiger partial charge in [-0.2, -0.15) is 9.97 Å². The summed E-state index contributed by atoms with van der Waals surface area (Å²) in [5.41, 5.74) is 1.47. The van der Waals surface area contributed by atoms with Crippen LogP contribution in [0.15, 0.2) is 35.2 Å². The molecule has 192 valence electrons. The molecule has 0 aliphatic carbocycles. The van der Waals surface area contributed by atoms with Crippen molar-refractivity contribution in [1.29, 1.82) is 0 Å². The number of carbonyl (C=O) groups excluding carboxylic acids is 1. The molecule has 3 aromatic rings. The lowest BCUT2D eigenvalue weighted by molar-refractivity contribution is 0.0531. The zero-order valence-corrected chi connectivity index (χ0v) is 21.9.